The number of thiazole rings is 1. The first-order valence-corrected chi connectivity index (χ1v) is 7.14. The van der Waals surface area contributed by atoms with Gasteiger partial charge in [0.2, 0.25) is 0 Å². The lowest BCUT2D eigenvalue weighted by molar-refractivity contribution is -0.125. The van der Waals surface area contributed by atoms with E-state index in [2.05, 4.69) is 15.6 Å². The van der Waals surface area contributed by atoms with Crippen molar-refractivity contribution in [3.05, 3.63) is 16.6 Å². The minimum atomic E-state index is -1.50. The summed E-state index contributed by atoms with van der Waals surface area (Å²) in [6, 6.07) is -0.660. The van der Waals surface area contributed by atoms with Crippen LogP contribution >= 0.6 is 11.3 Å². The minimum Gasteiger partial charge on any atom is -0.465 e. The Balaban J connectivity index is 2.45. The highest BCUT2D eigenvalue weighted by molar-refractivity contribution is 7.07. The van der Waals surface area contributed by atoms with E-state index in [0.29, 0.717) is 5.69 Å². The average Bonchev–Trinajstić information content (AvgIpc) is 2.93. The van der Waals surface area contributed by atoms with Crippen molar-refractivity contribution in [3.63, 3.8) is 0 Å². The number of carbonyl (C=O) groups is 3. The topological polar surface area (TPSA) is 112 Å². The van der Waals surface area contributed by atoms with Crippen LogP contribution in [-0.2, 0) is 10.3 Å². The molecule has 0 saturated carbocycles. The van der Waals surface area contributed by atoms with Crippen LogP contribution in [0.5, 0.6) is 0 Å². The van der Waals surface area contributed by atoms with Crippen LogP contribution in [-0.4, -0.2) is 45.1 Å². The molecule has 1 aromatic heterocycles. The predicted octanol–water partition coefficient (Wildman–Crippen LogP) is 0.956. The molecule has 2 heterocycles. The molecule has 0 radical (unpaired) electrons. The molecule has 114 valence electrons. The Bertz CT molecular complexity index is 581. The SMILES string of the molecule is CC(C)(C)N(CC1(c2cscn2)NC(=O)NC1=O)C(=O)O. The molecule has 1 saturated heterocycles. The Morgan fingerprint density at radius 2 is 2.14 bits per heavy atom. The first-order chi connectivity index (χ1) is 9.67. The summed E-state index contributed by atoms with van der Waals surface area (Å²) < 4.78 is 0. The summed E-state index contributed by atoms with van der Waals surface area (Å²) in [4.78, 5) is 40.5. The molecule has 1 fully saturated rings. The summed E-state index contributed by atoms with van der Waals surface area (Å²) in [7, 11) is 0. The molecule has 9 heteroatoms. The van der Waals surface area contributed by atoms with Crippen molar-refractivity contribution >= 4 is 29.4 Å². The molecule has 21 heavy (non-hydrogen) atoms. The molecule has 1 aliphatic heterocycles. The van der Waals surface area contributed by atoms with E-state index < -0.39 is 29.1 Å². The van der Waals surface area contributed by atoms with Gasteiger partial charge in [-0.1, -0.05) is 0 Å². The van der Waals surface area contributed by atoms with Crippen LogP contribution in [0.15, 0.2) is 10.9 Å². The van der Waals surface area contributed by atoms with Gasteiger partial charge in [-0.15, -0.1) is 11.3 Å². The van der Waals surface area contributed by atoms with Crippen molar-refractivity contribution in [1.29, 1.82) is 0 Å². The molecule has 1 aromatic rings. The molecule has 1 unspecified atom stereocenters. The average molecular weight is 312 g/mol. The zero-order valence-corrected chi connectivity index (χ0v) is 12.7. The van der Waals surface area contributed by atoms with E-state index in [-0.39, 0.29) is 6.54 Å². The Morgan fingerprint density at radius 3 is 2.52 bits per heavy atom. The molecule has 0 bridgehead atoms. The second kappa shape index (κ2) is 4.99. The Hall–Kier alpha value is -2.16. The zero-order valence-electron chi connectivity index (χ0n) is 11.8. The fraction of sp³-hybridized carbons (Fsp3) is 0.500. The van der Waals surface area contributed by atoms with Gasteiger partial charge in [-0.25, -0.2) is 14.6 Å². The molecule has 8 nitrogen and oxygen atoms in total. The summed E-state index contributed by atoms with van der Waals surface area (Å²) >= 11 is 1.26. The van der Waals surface area contributed by atoms with E-state index in [0.717, 1.165) is 4.90 Å². The van der Waals surface area contributed by atoms with Crippen LogP contribution in [0.4, 0.5) is 9.59 Å². The van der Waals surface area contributed by atoms with Crippen molar-refractivity contribution in [2.75, 3.05) is 6.54 Å². The van der Waals surface area contributed by atoms with Crippen LogP contribution in [0.1, 0.15) is 26.5 Å². The molecule has 0 spiro atoms. The summed E-state index contributed by atoms with van der Waals surface area (Å²) in [5.74, 6) is -0.603. The highest BCUT2D eigenvalue weighted by Gasteiger charge is 2.52. The number of hydrogen-bond donors (Lipinski definition) is 3. The van der Waals surface area contributed by atoms with Crippen LogP contribution in [0.25, 0.3) is 0 Å². The van der Waals surface area contributed by atoms with Gasteiger partial charge in [0.05, 0.1) is 17.7 Å². The van der Waals surface area contributed by atoms with Gasteiger partial charge in [0, 0.05) is 10.9 Å². The van der Waals surface area contributed by atoms with Crippen LogP contribution in [0, 0.1) is 0 Å². The Kier molecular flexibility index (Phi) is 3.62. The third-order valence-electron chi connectivity index (χ3n) is 3.25. The largest absolute Gasteiger partial charge is 0.465 e. The molecule has 3 N–H and O–H groups in total. The summed E-state index contributed by atoms with van der Waals surface area (Å²) in [5.41, 5.74) is -0.381. The number of imide groups is 1. The van der Waals surface area contributed by atoms with Gasteiger partial charge in [0.25, 0.3) is 5.91 Å². The number of rotatable bonds is 3. The van der Waals surface area contributed by atoms with Gasteiger partial charge in [-0.05, 0) is 20.8 Å². The van der Waals surface area contributed by atoms with Gasteiger partial charge < -0.3 is 15.3 Å². The third kappa shape index (κ3) is 2.68. The maximum absolute atomic E-state index is 12.2. The lowest BCUT2D eigenvalue weighted by Gasteiger charge is -2.38. The van der Waals surface area contributed by atoms with E-state index in [4.69, 9.17) is 0 Å². The monoisotopic (exact) mass is 312 g/mol. The van der Waals surface area contributed by atoms with E-state index in [1.807, 2.05) is 0 Å². The van der Waals surface area contributed by atoms with Crippen molar-refractivity contribution in [2.45, 2.75) is 31.8 Å². The molecule has 4 amide bonds. The first-order valence-electron chi connectivity index (χ1n) is 6.19. The number of nitrogens with one attached hydrogen (secondary N) is 2. The number of hydrogen-bond acceptors (Lipinski definition) is 5. The second-order valence-corrected chi connectivity index (χ2v) is 6.45. The van der Waals surface area contributed by atoms with E-state index in [1.165, 1.54) is 16.8 Å². The van der Waals surface area contributed by atoms with Crippen molar-refractivity contribution in [1.82, 2.24) is 20.5 Å². The van der Waals surface area contributed by atoms with Crippen molar-refractivity contribution < 1.29 is 19.5 Å². The highest BCUT2D eigenvalue weighted by atomic mass is 32.1. The third-order valence-corrected chi connectivity index (χ3v) is 3.83. The summed E-state index contributed by atoms with van der Waals surface area (Å²) in [6.45, 7) is 4.92. The predicted molar refractivity (Wildman–Crippen MR) is 75.0 cm³/mol. The van der Waals surface area contributed by atoms with Crippen LogP contribution in [0.3, 0.4) is 0 Å². The second-order valence-electron chi connectivity index (χ2n) is 5.73. The number of nitrogens with zero attached hydrogens (tertiary/aromatic N) is 2. The smallest absolute Gasteiger partial charge is 0.407 e. The van der Waals surface area contributed by atoms with Gasteiger partial charge in [-0.2, -0.15) is 0 Å². The Morgan fingerprint density at radius 1 is 1.48 bits per heavy atom. The van der Waals surface area contributed by atoms with Crippen LogP contribution < -0.4 is 10.6 Å². The number of aromatic nitrogens is 1. The lowest BCUT2D eigenvalue weighted by atomic mass is 9.93. The number of carbonyl (C=O) groups excluding carboxylic acids is 2. The highest BCUT2D eigenvalue weighted by Crippen LogP contribution is 2.29. The standard InChI is InChI=1S/C12H16N4O4S/c1-11(2,3)16(10(19)20)5-12(7-4-21-6-13-7)8(17)14-9(18)15-12/h4,6H,5H2,1-3H3,(H,19,20)(H2,14,15,17,18). The van der Waals surface area contributed by atoms with Gasteiger partial charge in [0.15, 0.2) is 5.54 Å². The minimum absolute atomic E-state index is 0.215. The molecular formula is C12H16N4O4S. The van der Waals surface area contributed by atoms with E-state index in [1.54, 1.807) is 26.2 Å². The maximum atomic E-state index is 12.2. The lowest BCUT2D eigenvalue weighted by Crippen LogP contribution is -2.58. The molecule has 0 aliphatic carbocycles. The van der Waals surface area contributed by atoms with Gasteiger partial charge >= 0.3 is 12.1 Å². The molecule has 2 rings (SSSR count). The van der Waals surface area contributed by atoms with Gasteiger partial charge in [0.1, 0.15) is 0 Å². The van der Waals surface area contributed by atoms with Gasteiger partial charge in [-0.3, -0.25) is 10.1 Å². The normalized spacial score (nSPS) is 21.9. The fourth-order valence-corrected chi connectivity index (χ4v) is 2.74. The first kappa shape index (κ1) is 15.2. The van der Waals surface area contributed by atoms with Crippen molar-refractivity contribution in [2.24, 2.45) is 0 Å². The molecule has 0 aromatic carbocycles. The maximum Gasteiger partial charge on any atom is 0.407 e. The molecule has 1 atom stereocenters. The number of urea groups is 1. The van der Waals surface area contributed by atoms with Crippen molar-refractivity contribution in [3.8, 4) is 0 Å². The summed E-state index contributed by atoms with van der Waals surface area (Å²) in [6.07, 6.45) is -1.17. The van der Waals surface area contributed by atoms with E-state index in [9.17, 15) is 19.5 Å². The number of amides is 4. The Labute approximate surface area is 125 Å². The molecule has 1 aliphatic rings. The zero-order chi connectivity index (χ0) is 15.8. The molecular weight excluding hydrogens is 296 g/mol. The summed E-state index contributed by atoms with van der Waals surface area (Å²) in [5, 5.41) is 15.7. The van der Waals surface area contributed by atoms with Crippen LogP contribution in [0.2, 0.25) is 0 Å². The fourth-order valence-electron chi connectivity index (χ4n) is 2.12. The van der Waals surface area contributed by atoms with E-state index >= 15 is 0 Å². The number of carboxylic acid groups (broad SMARTS) is 1. The quantitative estimate of drug-likeness (QED) is 0.720.